The Morgan fingerprint density at radius 1 is 0.973 bits per heavy atom. The van der Waals surface area contributed by atoms with Gasteiger partial charge in [0, 0.05) is 33.7 Å². The Morgan fingerprint density at radius 2 is 1.59 bits per heavy atom. The summed E-state index contributed by atoms with van der Waals surface area (Å²) in [5.41, 5.74) is 2.63. The van der Waals surface area contributed by atoms with Gasteiger partial charge in [0.1, 0.15) is 25.1 Å². The number of esters is 3. The van der Waals surface area contributed by atoms with Crippen molar-refractivity contribution < 1.29 is 28.6 Å². The molecule has 0 radical (unpaired) electrons. The van der Waals surface area contributed by atoms with E-state index in [4.69, 9.17) is 14.2 Å². The Labute approximate surface area is 213 Å². The second-order valence-corrected chi connectivity index (χ2v) is 9.02. The first kappa shape index (κ1) is 27.5. The molecule has 3 rings (SSSR count). The monoisotopic (exact) mass is 513 g/mol. The minimum atomic E-state index is -0.922. The van der Waals surface area contributed by atoms with Crippen LogP contribution in [0.1, 0.15) is 38.8 Å². The number of hydrogen-bond donors (Lipinski definition) is 0. The largest absolute Gasteiger partial charge is 0.462 e. The van der Waals surface area contributed by atoms with Gasteiger partial charge in [-0.3, -0.25) is 19.2 Å². The molecule has 12 heteroatoms. The first-order valence-corrected chi connectivity index (χ1v) is 11.7. The van der Waals surface area contributed by atoms with Crippen molar-refractivity contribution in [3.63, 3.8) is 0 Å². The molecule has 0 saturated heterocycles. The lowest BCUT2D eigenvalue weighted by molar-refractivity contribution is -0.167. The van der Waals surface area contributed by atoms with Gasteiger partial charge in [-0.25, -0.2) is 4.98 Å². The summed E-state index contributed by atoms with van der Waals surface area (Å²) in [6.07, 6.45) is -0.375. The summed E-state index contributed by atoms with van der Waals surface area (Å²) in [5.74, 6) is -2.09. The summed E-state index contributed by atoms with van der Waals surface area (Å²) in [4.78, 5) is 53.6. The summed E-state index contributed by atoms with van der Waals surface area (Å²) in [6, 6.07) is 3.71. The molecule has 0 aliphatic heterocycles. The number of aryl methyl sites for hydroxylation is 3. The highest BCUT2D eigenvalue weighted by Crippen LogP contribution is 2.23. The van der Waals surface area contributed by atoms with Crippen LogP contribution in [0.15, 0.2) is 23.3 Å². The average molecular weight is 514 g/mol. The van der Waals surface area contributed by atoms with Crippen LogP contribution < -0.4 is 5.56 Å². The van der Waals surface area contributed by atoms with E-state index in [1.165, 1.54) is 31.7 Å². The third-order valence-corrected chi connectivity index (χ3v) is 6.11. The molecule has 0 bridgehead atoms. The zero-order valence-corrected chi connectivity index (χ0v) is 22.0. The maximum atomic E-state index is 13.8. The number of hydrogen-bond acceptors (Lipinski definition) is 10. The summed E-state index contributed by atoms with van der Waals surface area (Å²) in [5, 5.41) is 7.91. The molecule has 37 heavy (non-hydrogen) atoms. The maximum Gasteiger partial charge on any atom is 0.303 e. The number of fused-ring (bicyclic) bond motifs is 1. The van der Waals surface area contributed by atoms with E-state index in [2.05, 4.69) is 15.2 Å². The second-order valence-electron chi connectivity index (χ2n) is 9.02. The highest BCUT2D eigenvalue weighted by molar-refractivity contribution is 5.79. The van der Waals surface area contributed by atoms with Crippen LogP contribution in [0.25, 0.3) is 22.6 Å². The molecule has 2 aromatic heterocycles. The van der Waals surface area contributed by atoms with Crippen molar-refractivity contribution in [3.05, 3.63) is 39.9 Å². The van der Waals surface area contributed by atoms with Crippen molar-refractivity contribution in [1.29, 1.82) is 0 Å². The first-order valence-electron chi connectivity index (χ1n) is 11.7. The van der Waals surface area contributed by atoms with Gasteiger partial charge in [-0.05, 0) is 37.1 Å². The summed E-state index contributed by atoms with van der Waals surface area (Å²) in [7, 11) is 1.70. The molecule has 3 aromatic rings. The Morgan fingerprint density at radius 3 is 2.16 bits per heavy atom. The fourth-order valence-corrected chi connectivity index (χ4v) is 3.97. The number of nitrogens with zero attached hydrogens (tertiary/aromatic N) is 5. The molecular formula is C25H31N5O7. The minimum Gasteiger partial charge on any atom is -0.462 e. The Hall–Kier alpha value is -4.09. The molecule has 198 valence electrons. The number of carbonyl (C=O) groups is 3. The molecule has 0 spiro atoms. The lowest BCUT2D eigenvalue weighted by Crippen LogP contribution is -2.42. The van der Waals surface area contributed by atoms with E-state index < -0.39 is 41.6 Å². The fraction of sp³-hybridized carbons (Fsp3) is 0.480. The number of carbonyl (C=O) groups excluding carboxylic acids is 3. The number of benzene rings is 1. The second kappa shape index (κ2) is 11.3. The Bertz CT molecular complexity index is 1390. The van der Waals surface area contributed by atoms with Crippen molar-refractivity contribution in [1.82, 2.24) is 24.3 Å². The smallest absolute Gasteiger partial charge is 0.303 e. The molecule has 0 aliphatic carbocycles. The van der Waals surface area contributed by atoms with Crippen molar-refractivity contribution in [3.8, 4) is 11.5 Å². The lowest BCUT2D eigenvalue weighted by Gasteiger charge is -2.30. The Kier molecular flexibility index (Phi) is 8.41. The number of aromatic nitrogens is 5. The highest BCUT2D eigenvalue weighted by Gasteiger charge is 2.33. The molecular weight excluding hydrogens is 482 g/mol. The molecule has 0 N–H and O–H groups in total. The predicted octanol–water partition coefficient (Wildman–Crippen LogP) is 1.87. The van der Waals surface area contributed by atoms with Crippen LogP contribution in [0.3, 0.4) is 0 Å². The molecule has 3 atom stereocenters. The zero-order valence-electron chi connectivity index (χ0n) is 22.0. The van der Waals surface area contributed by atoms with Crippen LogP contribution >= 0.6 is 0 Å². The van der Waals surface area contributed by atoms with Crippen LogP contribution in [-0.2, 0) is 42.2 Å². The van der Waals surface area contributed by atoms with Crippen molar-refractivity contribution in [2.45, 2.75) is 60.3 Å². The molecule has 1 aromatic carbocycles. The van der Waals surface area contributed by atoms with E-state index in [0.29, 0.717) is 11.0 Å². The van der Waals surface area contributed by atoms with Gasteiger partial charge in [-0.1, -0.05) is 6.92 Å². The van der Waals surface area contributed by atoms with Gasteiger partial charge in [-0.2, -0.15) is 0 Å². The van der Waals surface area contributed by atoms with Crippen molar-refractivity contribution >= 4 is 28.9 Å². The predicted molar refractivity (Wildman–Crippen MR) is 132 cm³/mol. The van der Waals surface area contributed by atoms with Crippen LogP contribution in [-0.4, -0.2) is 61.0 Å². The van der Waals surface area contributed by atoms with Gasteiger partial charge in [0.05, 0.1) is 17.6 Å². The van der Waals surface area contributed by atoms with Gasteiger partial charge < -0.3 is 23.3 Å². The standard InChI is InChI=1S/C25H31N5O7/c1-13-8-19-20(9-14(13)2)30(25(34)23(27-19)24-28-26-12-29(24)7)10-21(36-17(5)32)15(3)22(37-18(6)33)11-35-16(4)31/h8-9,12,15,21-22H,10-11H2,1-7H3/t15-,21-,22+/m0/s1. The van der Waals surface area contributed by atoms with E-state index in [0.717, 1.165) is 11.1 Å². The van der Waals surface area contributed by atoms with Gasteiger partial charge >= 0.3 is 17.9 Å². The number of ether oxygens (including phenoxy) is 3. The normalized spacial score (nSPS) is 13.6. The quantitative estimate of drug-likeness (QED) is 0.307. The molecule has 2 heterocycles. The van der Waals surface area contributed by atoms with E-state index in [1.54, 1.807) is 18.5 Å². The average Bonchev–Trinajstić information content (AvgIpc) is 3.23. The molecule has 0 amide bonds. The molecule has 0 saturated carbocycles. The molecule has 0 fully saturated rings. The maximum absolute atomic E-state index is 13.8. The van der Waals surface area contributed by atoms with E-state index in [1.807, 2.05) is 26.0 Å². The molecule has 12 nitrogen and oxygen atoms in total. The topological polar surface area (TPSA) is 144 Å². The first-order chi connectivity index (χ1) is 17.4. The van der Waals surface area contributed by atoms with Gasteiger partial charge in [0.25, 0.3) is 5.56 Å². The van der Waals surface area contributed by atoms with Crippen LogP contribution in [0.4, 0.5) is 0 Å². The highest BCUT2D eigenvalue weighted by atomic mass is 16.6. The fourth-order valence-electron chi connectivity index (χ4n) is 3.97. The zero-order chi connectivity index (χ0) is 27.4. The minimum absolute atomic E-state index is 0.0796. The third-order valence-electron chi connectivity index (χ3n) is 6.11. The summed E-state index contributed by atoms with van der Waals surface area (Å²) < 4.78 is 19.1. The van der Waals surface area contributed by atoms with E-state index in [9.17, 15) is 19.2 Å². The third kappa shape index (κ3) is 6.38. The SMILES string of the molecule is CC(=O)OC[C@@H](OC(C)=O)[C@@H](C)[C@H](Cn1c(=O)c(-c2nncn2C)nc2cc(C)c(C)cc21)OC(C)=O. The van der Waals surface area contributed by atoms with Crippen LogP contribution in [0, 0.1) is 19.8 Å². The van der Waals surface area contributed by atoms with Crippen LogP contribution in [0.5, 0.6) is 0 Å². The lowest BCUT2D eigenvalue weighted by atomic mass is 9.97. The van der Waals surface area contributed by atoms with Crippen molar-refractivity contribution in [2.24, 2.45) is 13.0 Å². The van der Waals surface area contributed by atoms with E-state index >= 15 is 0 Å². The van der Waals surface area contributed by atoms with Crippen LogP contribution in [0.2, 0.25) is 0 Å². The van der Waals surface area contributed by atoms with Gasteiger partial charge in [0.2, 0.25) is 0 Å². The van der Waals surface area contributed by atoms with Crippen molar-refractivity contribution in [2.75, 3.05) is 6.61 Å². The van der Waals surface area contributed by atoms with Gasteiger partial charge in [0.15, 0.2) is 11.5 Å². The number of rotatable bonds is 9. The van der Waals surface area contributed by atoms with Gasteiger partial charge in [-0.15, -0.1) is 10.2 Å². The molecule has 0 aliphatic rings. The summed E-state index contributed by atoms with van der Waals surface area (Å²) >= 11 is 0. The van der Waals surface area contributed by atoms with E-state index in [-0.39, 0.29) is 24.7 Å². The Balaban J connectivity index is 2.16. The molecule has 0 unspecified atom stereocenters. The summed E-state index contributed by atoms with van der Waals surface area (Å²) in [6.45, 7) is 8.95.